The number of hydrogen-bond donors (Lipinski definition) is 2. The molecule has 0 spiro atoms. The molecule has 0 saturated heterocycles. The third-order valence-electron chi connectivity index (χ3n) is 2.94. The molecule has 6 heteroatoms. The Morgan fingerprint density at radius 3 is 2.79 bits per heavy atom. The Morgan fingerprint density at radius 1 is 1.53 bits per heavy atom. The number of anilines is 1. The number of aromatic nitrogens is 1. The zero-order chi connectivity index (χ0) is 14.4. The molecule has 0 fully saturated rings. The fourth-order valence-electron chi connectivity index (χ4n) is 1.69. The summed E-state index contributed by atoms with van der Waals surface area (Å²) in [7, 11) is 1.69. The maximum Gasteiger partial charge on any atom is 0.356 e. The topological polar surface area (TPSA) is 82.5 Å². The first-order chi connectivity index (χ1) is 8.97. The van der Waals surface area contributed by atoms with Crippen LogP contribution in [-0.4, -0.2) is 40.1 Å². The maximum absolute atomic E-state index is 12.0. The van der Waals surface area contributed by atoms with Crippen molar-refractivity contribution in [3.8, 4) is 0 Å². The van der Waals surface area contributed by atoms with Crippen molar-refractivity contribution in [2.24, 2.45) is 0 Å². The minimum atomic E-state index is -1.17. The predicted molar refractivity (Wildman–Crippen MR) is 72.3 cm³/mol. The molecule has 0 aromatic carbocycles. The molecule has 0 aliphatic carbocycles. The molecule has 1 rings (SSSR count). The molecule has 6 nitrogen and oxygen atoms in total. The van der Waals surface area contributed by atoms with Gasteiger partial charge in [0.25, 0.3) is 0 Å². The van der Waals surface area contributed by atoms with Crippen LogP contribution in [0.25, 0.3) is 0 Å². The summed E-state index contributed by atoms with van der Waals surface area (Å²) in [6, 6.07) is 2.86. The van der Waals surface area contributed by atoms with Gasteiger partial charge in [0, 0.05) is 19.3 Å². The lowest BCUT2D eigenvalue weighted by Crippen LogP contribution is -2.38. The number of carbonyl (C=O) groups is 2. The summed E-state index contributed by atoms with van der Waals surface area (Å²) in [6.07, 6.45) is 3.25. The number of carboxylic acid groups (broad SMARTS) is 1. The van der Waals surface area contributed by atoms with Crippen LogP contribution >= 0.6 is 0 Å². The van der Waals surface area contributed by atoms with Gasteiger partial charge in [-0.15, -0.1) is 0 Å². The Kier molecular flexibility index (Phi) is 5.29. The van der Waals surface area contributed by atoms with Crippen LogP contribution in [-0.2, 0) is 0 Å². The summed E-state index contributed by atoms with van der Waals surface area (Å²) >= 11 is 0. The van der Waals surface area contributed by atoms with Crippen LogP contribution in [0.1, 0.15) is 37.2 Å². The highest BCUT2D eigenvalue weighted by Gasteiger charge is 2.18. The van der Waals surface area contributed by atoms with E-state index in [0.29, 0.717) is 0 Å². The summed E-state index contributed by atoms with van der Waals surface area (Å²) in [4.78, 5) is 28.3. The smallest absolute Gasteiger partial charge is 0.356 e. The first-order valence-corrected chi connectivity index (χ1v) is 6.19. The molecule has 1 aromatic rings. The van der Waals surface area contributed by atoms with Crippen molar-refractivity contribution < 1.29 is 14.7 Å². The number of rotatable bonds is 5. The molecule has 2 N–H and O–H groups in total. The van der Waals surface area contributed by atoms with Gasteiger partial charge in [0.1, 0.15) is 0 Å². The van der Waals surface area contributed by atoms with Gasteiger partial charge >= 0.3 is 12.0 Å². The molecule has 104 valence electrons. The summed E-state index contributed by atoms with van der Waals surface area (Å²) in [5, 5.41) is 11.6. The summed E-state index contributed by atoms with van der Waals surface area (Å²) in [5.74, 6) is -1.17. The van der Waals surface area contributed by atoms with Gasteiger partial charge in [-0.05, 0) is 25.5 Å². The van der Waals surface area contributed by atoms with Crippen LogP contribution in [0.3, 0.4) is 0 Å². The zero-order valence-electron chi connectivity index (χ0n) is 11.4. The number of nitrogens with one attached hydrogen (secondary N) is 1. The number of hydrogen-bond acceptors (Lipinski definition) is 3. The van der Waals surface area contributed by atoms with Crippen LogP contribution < -0.4 is 5.32 Å². The van der Waals surface area contributed by atoms with Gasteiger partial charge in [-0.2, -0.15) is 0 Å². The predicted octanol–water partition coefficient (Wildman–Crippen LogP) is 2.43. The number of carbonyl (C=O) groups excluding carboxylic acids is 1. The number of aromatic carboxylic acids is 1. The molecule has 2 amide bonds. The largest absolute Gasteiger partial charge is 0.476 e. The van der Waals surface area contributed by atoms with E-state index in [2.05, 4.69) is 10.3 Å². The lowest BCUT2D eigenvalue weighted by molar-refractivity contribution is 0.0691. The van der Waals surface area contributed by atoms with Gasteiger partial charge in [0.05, 0.1) is 5.69 Å². The van der Waals surface area contributed by atoms with Crippen molar-refractivity contribution in [2.75, 3.05) is 12.4 Å². The average molecular weight is 265 g/mol. The van der Waals surface area contributed by atoms with E-state index in [9.17, 15) is 9.59 Å². The Morgan fingerprint density at radius 2 is 2.21 bits per heavy atom. The molecule has 0 aliphatic rings. The van der Waals surface area contributed by atoms with E-state index in [1.54, 1.807) is 18.0 Å². The highest BCUT2D eigenvalue weighted by Crippen LogP contribution is 2.14. The molecule has 1 atom stereocenters. The second-order valence-corrected chi connectivity index (χ2v) is 4.38. The maximum atomic E-state index is 12.0. The highest BCUT2D eigenvalue weighted by atomic mass is 16.4. The zero-order valence-corrected chi connectivity index (χ0v) is 11.4. The summed E-state index contributed by atoms with van der Waals surface area (Å²) < 4.78 is 0. The van der Waals surface area contributed by atoms with E-state index in [4.69, 9.17) is 5.11 Å². The van der Waals surface area contributed by atoms with Crippen molar-refractivity contribution in [1.29, 1.82) is 0 Å². The molecule has 1 heterocycles. The second-order valence-electron chi connectivity index (χ2n) is 4.38. The van der Waals surface area contributed by atoms with Gasteiger partial charge in [-0.3, -0.25) is 0 Å². The van der Waals surface area contributed by atoms with E-state index in [1.165, 1.54) is 12.3 Å². The summed E-state index contributed by atoms with van der Waals surface area (Å²) in [6.45, 7) is 4.00. The SMILES string of the molecule is CCCC(C)N(C)C(=O)Nc1cccnc1C(=O)O. The van der Waals surface area contributed by atoms with Crippen molar-refractivity contribution in [2.45, 2.75) is 32.7 Å². The van der Waals surface area contributed by atoms with Crippen LogP contribution in [0, 0.1) is 0 Å². The van der Waals surface area contributed by atoms with E-state index < -0.39 is 5.97 Å². The van der Waals surface area contributed by atoms with Gasteiger partial charge < -0.3 is 15.3 Å². The van der Waals surface area contributed by atoms with Crippen molar-refractivity contribution >= 4 is 17.7 Å². The van der Waals surface area contributed by atoms with Crippen LogP contribution in [0.2, 0.25) is 0 Å². The lowest BCUT2D eigenvalue weighted by Gasteiger charge is -2.25. The molecule has 0 bridgehead atoms. The Bertz CT molecular complexity index is 462. The molecule has 1 unspecified atom stereocenters. The normalized spacial score (nSPS) is 11.7. The minimum absolute atomic E-state index is 0.0925. The van der Waals surface area contributed by atoms with E-state index in [1.807, 2.05) is 13.8 Å². The van der Waals surface area contributed by atoms with Gasteiger partial charge in [0.2, 0.25) is 0 Å². The van der Waals surface area contributed by atoms with Gasteiger partial charge in [-0.25, -0.2) is 14.6 Å². The van der Waals surface area contributed by atoms with Crippen molar-refractivity contribution in [3.63, 3.8) is 0 Å². The fourth-order valence-corrected chi connectivity index (χ4v) is 1.69. The lowest BCUT2D eigenvalue weighted by atomic mass is 10.2. The molecular formula is C13H19N3O3. The number of nitrogens with zero attached hydrogens (tertiary/aromatic N) is 2. The van der Waals surface area contributed by atoms with Crippen LogP contribution in [0.5, 0.6) is 0 Å². The fraction of sp³-hybridized carbons (Fsp3) is 0.462. The third kappa shape index (κ3) is 3.94. The average Bonchev–Trinajstić information content (AvgIpc) is 2.38. The van der Waals surface area contributed by atoms with Gasteiger partial charge in [-0.1, -0.05) is 13.3 Å². The molecule has 19 heavy (non-hydrogen) atoms. The molecular weight excluding hydrogens is 246 g/mol. The standard InChI is InChI=1S/C13H19N3O3/c1-4-6-9(2)16(3)13(19)15-10-7-5-8-14-11(10)12(17)18/h5,7-9H,4,6H2,1-3H3,(H,15,19)(H,17,18). The Hall–Kier alpha value is -2.11. The van der Waals surface area contributed by atoms with Gasteiger partial charge in [0.15, 0.2) is 5.69 Å². The third-order valence-corrected chi connectivity index (χ3v) is 2.94. The highest BCUT2D eigenvalue weighted by molar-refractivity contribution is 5.98. The second kappa shape index (κ2) is 6.72. The molecule has 1 aromatic heterocycles. The molecule has 0 saturated carbocycles. The number of carboxylic acids is 1. The van der Waals surface area contributed by atoms with Crippen molar-refractivity contribution in [3.05, 3.63) is 24.0 Å². The van der Waals surface area contributed by atoms with E-state index in [-0.39, 0.29) is 23.5 Å². The number of amides is 2. The van der Waals surface area contributed by atoms with Crippen LogP contribution in [0.4, 0.5) is 10.5 Å². The first kappa shape index (κ1) is 14.9. The molecule has 0 aliphatic heterocycles. The Balaban J connectivity index is 2.80. The number of urea groups is 1. The first-order valence-electron chi connectivity index (χ1n) is 6.19. The monoisotopic (exact) mass is 265 g/mol. The molecule has 0 radical (unpaired) electrons. The number of pyridine rings is 1. The Labute approximate surface area is 112 Å². The van der Waals surface area contributed by atoms with E-state index >= 15 is 0 Å². The van der Waals surface area contributed by atoms with E-state index in [0.717, 1.165) is 12.8 Å². The van der Waals surface area contributed by atoms with Crippen molar-refractivity contribution in [1.82, 2.24) is 9.88 Å². The minimum Gasteiger partial charge on any atom is -0.476 e. The van der Waals surface area contributed by atoms with Crippen LogP contribution in [0.15, 0.2) is 18.3 Å². The summed E-state index contributed by atoms with van der Waals surface area (Å²) in [5.41, 5.74) is 0.0444. The quantitative estimate of drug-likeness (QED) is 0.856.